The number of rotatable bonds is 3. The molecule has 22 heavy (non-hydrogen) atoms. The van der Waals surface area contributed by atoms with Crippen LogP contribution in [0.3, 0.4) is 0 Å². The second-order valence-corrected chi connectivity index (χ2v) is 7.23. The van der Waals surface area contributed by atoms with Crippen LogP contribution in [0, 0.1) is 5.92 Å². The van der Waals surface area contributed by atoms with Crippen LogP contribution in [-0.2, 0) is 19.4 Å². The molecular weight excluding hydrogens is 278 g/mol. The molecule has 4 rings (SSSR count). The van der Waals surface area contributed by atoms with Crippen LogP contribution in [-0.4, -0.2) is 45.0 Å². The zero-order chi connectivity index (χ0) is 15.1. The summed E-state index contributed by atoms with van der Waals surface area (Å²) < 4.78 is 1.68. The van der Waals surface area contributed by atoms with Gasteiger partial charge < -0.3 is 5.11 Å². The molecule has 0 aromatic carbocycles. The Morgan fingerprint density at radius 2 is 2.00 bits per heavy atom. The Balaban J connectivity index is 1.40. The molecule has 1 saturated carbocycles. The van der Waals surface area contributed by atoms with Gasteiger partial charge in [-0.25, -0.2) is 4.68 Å². The fourth-order valence-corrected chi connectivity index (χ4v) is 4.32. The van der Waals surface area contributed by atoms with Gasteiger partial charge in [-0.15, -0.1) is 0 Å². The number of likely N-dealkylation sites (tertiary alicyclic amines) is 1. The molecule has 3 aliphatic rings. The summed E-state index contributed by atoms with van der Waals surface area (Å²) in [6.45, 7) is 2.71. The average molecular weight is 303 g/mol. The highest BCUT2D eigenvalue weighted by Gasteiger charge is 2.38. The summed E-state index contributed by atoms with van der Waals surface area (Å²) in [6, 6.07) is 2.16. The van der Waals surface area contributed by atoms with Gasteiger partial charge in [-0.05, 0) is 50.5 Å². The molecule has 120 valence electrons. The molecule has 2 atom stereocenters. The van der Waals surface area contributed by atoms with Gasteiger partial charge in [0.05, 0.1) is 18.3 Å². The lowest BCUT2D eigenvalue weighted by molar-refractivity contribution is -0.00800. The van der Waals surface area contributed by atoms with Crippen molar-refractivity contribution in [2.24, 2.45) is 5.92 Å². The molecule has 2 unspecified atom stereocenters. The standard InChI is InChI=1S/C17H25N3O2/c21-16-7-3-6-15(16)19-9-12(10-19)11-20-17(22)8-13-4-1-2-5-14(13)18-20/h8,12,15-16,21H,1-7,9-11H2. The molecule has 1 saturated heterocycles. The van der Waals surface area contributed by atoms with Gasteiger partial charge in [-0.3, -0.25) is 9.69 Å². The maximum Gasteiger partial charge on any atom is 0.267 e. The van der Waals surface area contributed by atoms with Crippen molar-refractivity contribution < 1.29 is 5.11 Å². The van der Waals surface area contributed by atoms with Gasteiger partial charge in [0.2, 0.25) is 0 Å². The monoisotopic (exact) mass is 303 g/mol. The van der Waals surface area contributed by atoms with E-state index in [4.69, 9.17) is 0 Å². The average Bonchev–Trinajstić information content (AvgIpc) is 2.88. The summed E-state index contributed by atoms with van der Waals surface area (Å²) in [4.78, 5) is 14.6. The second kappa shape index (κ2) is 5.78. The number of aliphatic hydroxyl groups excluding tert-OH is 1. The number of fused-ring (bicyclic) bond motifs is 1. The van der Waals surface area contributed by atoms with Crippen molar-refractivity contribution in [3.8, 4) is 0 Å². The maximum atomic E-state index is 12.2. The summed E-state index contributed by atoms with van der Waals surface area (Å²) in [6.07, 6.45) is 7.44. The van der Waals surface area contributed by atoms with E-state index in [1.807, 2.05) is 0 Å². The minimum Gasteiger partial charge on any atom is -0.391 e. The van der Waals surface area contributed by atoms with E-state index >= 15 is 0 Å². The zero-order valence-corrected chi connectivity index (χ0v) is 13.1. The predicted molar refractivity (Wildman–Crippen MR) is 83.8 cm³/mol. The van der Waals surface area contributed by atoms with Crippen molar-refractivity contribution in [2.45, 2.75) is 63.6 Å². The summed E-state index contributed by atoms with van der Waals surface area (Å²) in [5.41, 5.74) is 2.35. The first-order valence-corrected chi connectivity index (χ1v) is 8.73. The fraction of sp³-hybridized carbons (Fsp3) is 0.765. The molecule has 2 aliphatic carbocycles. The number of aryl methyl sites for hydroxylation is 2. The summed E-state index contributed by atoms with van der Waals surface area (Å²) >= 11 is 0. The van der Waals surface area contributed by atoms with Gasteiger partial charge >= 0.3 is 0 Å². The van der Waals surface area contributed by atoms with Crippen LogP contribution in [0.1, 0.15) is 43.4 Å². The molecule has 1 aliphatic heterocycles. The van der Waals surface area contributed by atoms with Gasteiger partial charge in [0.25, 0.3) is 5.56 Å². The number of aromatic nitrogens is 2. The van der Waals surface area contributed by atoms with Crippen molar-refractivity contribution >= 4 is 0 Å². The highest BCUT2D eigenvalue weighted by atomic mass is 16.3. The first kappa shape index (κ1) is 14.4. The van der Waals surface area contributed by atoms with E-state index in [1.165, 1.54) is 12.8 Å². The van der Waals surface area contributed by atoms with Gasteiger partial charge in [-0.1, -0.05) is 0 Å². The van der Waals surface area contributed by atoms with Crippen molar-refractivity contribution in [3.63, 3.8) is 0 Å². The molecule has 5 heteroatoms. The second-order valence-electron chi connectivity index (χ2n) is 7.23. The number of aliphatic hydroxyl groups is 1. The highest BCUT2D eigenvalue weighted by molar-refractivity contribution is 5.20. The zero-order valence-electron chi connectivity index (χ0n) is 13.1. The highest BCUT2D eigenvalue weighted by Crippen LogP contribution is 2.30. The van der Waals surface area contributed by atoms with Crippen molar-refractivity contribution in [2.75, 3.05) is 13.1 Å². The minimum absolute atomic E-state index is 0.0556. The van der Waals surface area contributed by atoms with Gasteiger partial charge in [0, 0.05) is 31.1 Å². The van der Waals surface area contributed by atoms with E-state index < -0.39 is 0 Å². The Morgan fingerprint density at radius 3 is 2.77 bits per heavy atom. The molecule has 5 nitrogen and oxygen atoms in total. The molecule has 0 spiro atoms. The molecule has 2 fully saturated rings. The molecule has 0 bridgehead atoms. The third-order valence-electron chi connectivity index (χ3n) is 5.60. The SMILES string of the molecule is O=c1cc2c(nn1CC1CN(C3CCCC3O)C1)CCCC2. The quantitative estimate of drug-likeness (QED) is 0.904. The summed E-state index contributed by atoms with van der Waals surface area (Å²) in [5.74, 6) is 0.500. The Bertz CT molecular complexity index is 606. The maximum absolute atomic E-state index is 12.2. The van der Waals surface area contributed by atoms with Gasteiger partial charge in [0.1, 0.15) is 0 Å². The Hall–Kier alpha value is -1.20. The lowest BCUT2D eigenvalue weighted by atomic mass is 9.95. The third-order valence-corrected chi connectivity index (χ3v) is 5.60. The van der Waals surface area contributed by atoms with E-state index in [1.54, 1.807) is 10.7 Å². The van der Waals surface area contributed by atoms with E-state index in [-0.39, 0.29) is 11.7 Å². The first-order valence-electron chi connectivity index (χ1n) is 8.73. The molecule has 2 heterocycles. The lowest BCUT2D eigenvalue weighted by Crippen LogP contribution is -2.56. The normalized spacial score (nSPS) is 29.3. The first-order chi connectivity index (χ1) is 10.7. The van der Waals surface area contributed by atoms with E-state index in [9.17, 15) is 9.90 Å². The van der Waals surface area contributed by atoms with Crippen LogP contribution in [0.2, 0.25) is 0 Å². The molecule has 0 amide bonds. The van der Waals surface area contributed by atoms with Crippen LogP contribution < -0.4 is 5.56 Å². The Kier molecular flexibility index (Phi) is 3.78. The van der Waals surface area contributed by atoms with E-state index in [0.29, 0.717) is 12.0 Å². The largest absolute Gasteiger partial charge is 0.391 e. The van der Waals surface area contributed by atoms with Crippen LogP contribution in [0.15, 0.2) is 10.9 Å². The van der Waals surface area contributed by atoms with E-state index in [0.717, 1.165) is 63.0 Å². The molecular formula is C17H25N3O2. The van der Waals surface area contributed by atoms with Crippen LogP contribution in [0.25, 0.3) is 0 Å². The lowest BCUT2D eigenvalue weighted by Gasteiger charge is -2.44. The Morgan fingerprint density at radius 1 is 1.18 bits per heavy atom. The fourth-order valence-electron chi connectivity index (χ4n) is 4.32. The smallest absolute Gasteiger partial charge is 0.267 e. The van der Waals surface area contributed by atoms with Crippen LogP contribution in [0.5, 0.6) is 0 Å². The minimum atomic E-state index is -0.148. The van der Waals surface area contributed by atoms with Crippen molar-refractivity contribution in [3.05, 3.63) is 27.7 Å². The number of nitrogens with zero attached hydrogens (tertiary/aromatic N) is 3. The molecule has 1 N–H and O–H groups in total. The third kappa shape index (κ3) is 2.61. The van der Waals surface area contributed by atoms with Crippen LogP contribution in [0.4, 0.5) is 0 Å². The van der Waals surface area contributed by atoms with Gasteiger partial charge in [0.15, 0.2) is 0 Å². The molecule has 0 radical (unpaired) electrons. The molecule has 1 aromatic rings. The number of hydrogen-bond acceptors (Lipinski definition) is 4. The summed E-state index contributed by atoms with van der Waals surface area (Å²) in [7, 11) is 0. The predicted octanol–water partition coefficient (Wildman–Crippen LogP) is 0.967. The number of hydrogen-bond donors (Lipinski definition) is 1. The van der Waals surface area contributed by atoms with Crippen molar-refractivity contribution in [1.29, 1.82) is 0 Å². The van der Waals surface area contributed by atoms with Gasteiger partial charge in [-0.2, -0.15) is 5.10 Å². The Labute approximate surface area is 130 Å². The van der Waals surface area contributed by atoms with Crippen LogP contribution >= 0.6 is 0 Å². The van der Waals surface area contributed by atoms with E-state index in [2.05, 4.69) is 10.00 Å². The summed E-state index contributed by atoms with van der Waals surface area (Å²) in [5, 5.41) is 14.6. The van der Waals surface area contributed by atoms with Crippen molar-refractivity contribution in [1.82, 2.24) is 14.7 Å². The molecule has 1 aromatic heterocycles. The topological polar surface area (TPSA) is 58.4 Å².